The van der Waals surface area contributed by atoms with Gasteiger partial charge in [-0.05, 0) is 17.9 Å². The summed E-state index contributed by atoms with van der Waals surface area (Å²) in [5, 5.41) is 9.72. The summed E-state index contributed by atoms with van der Waals surface area (Å²) in [4.78, 5) is 27.0. The highest BCUT2D eigenvalue weighted by Crippen LogP contribution is 2.05. The summed E-state index contributed by atoms with van der Waals surface area (Å²) in [7, 11) is 0. The SMILES string of the molecule is CCSCC[C@@H](N)C(O)C(=O)NNC(=O)C1=NC=CC1. The maximum atomic E-state index is 11.6. The van der Waals surface area contributed by atoms with E-state index in [4.69, 9.17) is 5.73 Å². The van der Waals surface area contributed by atoms with Crippen molar-refractivity contribution in [2.24, 2.45) is 10.7 Å². The minimum Gasteiger partial charge on any atom is -0.382 e. The van der Waals surface area contributed by atoms with Crippen molar-refractivity contribution in [1.29, 1.82) is 0 Å². The first-order valence-electron chi connectivity index (χ1n) is 6.39. The number of aliphatic hydroxyl groups is 1. The van der Waals surface area contributed by atoms with Crippen molar-refractivity contribution in [3.8, 4) is 0 Å². The molecular weight excluding hydrogens is 280 g/mol. The van der Waals surface area contributed by atoms with Gasteiger partial charge in [0.2, 0.25) is 0 Å². The number of allylic oxidation sites excluding steroid dienone is 1. The Kier molecular flexibility index (Phi) is 7.27. The molecule has 1 heterocycles. The fourth-order valence-corrected chi connectivity index (χ4v) is 2.22. The number of nitrogens with zero attached hydrogens (tertiary/aromatic N) is 1. The molecule has 0 fully saturated rings. The second-order valence-corrected chi connectivity index (χ2v) is 5.60. The number of hydrazine groups is 1. The Morgan fingerprint density at radius 3 is 2.90 bits per heavy atom. The molecule has 0 aromatic heterocycles. The number of amides is 2. The smallest absolute Gasteiger partial charge is 0.284 e. The molecule has 0 saturated carbocycles. The summed E-state index contributed by atoms with van der Waals surface area (Å²) in [6.07, 6.45) is 2.85. The number of carbonyl (C=O) groups is 2. The number of hydrogen-bond donors (Lipinski definition) is 4. The molecule has 1 rings (SSSR count). The Morgan fingerprint density at radius 1 is 1.55 bits per heavy atom. The fourth-order valence-electron chi connectivity index (χ4n) is 1.49. The minimum atomic E-state index is -1.35. The molecule has 112 valence electrons. The lowest BCUT2D eigenvalue weighted by Gasteiger charge is -2.18. The Morgan fingerprint density at radius 2 is 2.30 bits per heavy atom. The fraction of sp³-hybridized carbons (Fsp3) is 0.583. The van der Waals surface area contributed by atoms with Crippen LogP contribution >= 0.6 is 11.8 Å². The summed E-state index contributed by atoms with van der Waals surface area (Å²) >= 11 is 1.69. The number of rotatable bonds is 7. The summed E-state index contributed by atoms with van der Waals surface area (Å²) in [6, 6.07) is -0.656. The Bertz CT molecular complexity index is 412. The Hall–Kier alpha value is -1.38. The number of nitrogens with one attached hydrogen (secondary N) is 2. The molecule has 0 radical (unpaired) electrons. The summed E-state index contributed by atoms with van der Waals surface area (Å²) in [6.45, 7) is 2.02. The van der Waals surface area contributed by atoms with Crippen LogP contribution in [-0.2, 0) is 9.59 Å². The maximum absolute atomic E-state index is 11.6. The summed E-state index contributed by atoms with van der Waals surface area (Å²) < 4.78 is 0. The van der Waals surface area contributed by atoms with Gasteiger partial charge in [0.05, 0.1) is 0 Å². The third-order valence-corrected chi connectivity index (χ3v) is 3.61. The van der Waals surface area contributed by atoms with Crippen molar-refractivity contribution < 1.29 is 14.7 Å². The van der Waals surface area contributed by atoms with Gasteiger partial charge in [-0.3, -0.25) is 25.4 Å². The van der Waals surface area contributed by atoms with Crippen LogP contribution in [0.4, 0.5) is 0 Å². The predicted molar refractivity (Wildman–Crippen MR) is 79.1 cm³/mol. The third kappa shape index (κ3) is 5.32. The van der Waals surface area contributed by atoms with Gasteiger partial charge in [-0.25, -0.2) is 0 Å². The number of carbonyl (C=O) groups excluding carboxylic acids is 2. The first-order chi connectivity index (χ1) is 9.56. The summed E-state index contributed by atoms with van der Waals surface area (Å²) in [5.74, 6) is 0.516. The van der Waals surface area contributed by atoms with Gasteiger partial charge >= 0.3 is 0 Å². The molecule has 2 amide bonds. The van der Waals surface area contributed by atoms with E-state index >= 15 is 0 Å². The molecule has 0 spiro atoms. The monoisotopic (exact) mass is 300 g/mol. The molecule has 0 aromatic rings. The van der Waals surface area contributed by atoms with Crippen LogP contribution < -0.4 is 16.6 Å². The first kappa shape index (κ1) is 16.7. The van der Waals surface area contributed by atoms with E-state index in [1.165, 1.54) is 6.20 Å². The van der Waals surface area contributed by atoms with Crippen LogP contribution in [0.5, 0.6) is 0 Å². The predicted octanol–water partition coefficient (Wildman–Crippen LogP) is -0.676. The average Bonchev–Trinajstić information content (AvgIpc) is 2.97. The molecule has 0 aliphatic carbocycles. The van der Waals surface area contributed by atoms with Crippen LogP contribution in [0.3, 0.4) is 0 Å². The Balaban J connectivity index is 2.28. The van der Waals surface area contributed by atoms with E-state index in [1.807, 2.05) is 6.92 Å². The number of hydrogen-bond acceptors (Lipinski definition) is 6. The van der Waals surface area contributed by atoms with Crippen molar-refractivity contribution in [2.75, 3.05) is 11.5 Å². The van der Waals surface area contributed by atoms with Gasteiger partial charge in [0, 0.05) is 18.7 Å². The lowest BCUT2D eigenvalue weighted by molar-refractivity contribution is -0.133. The standard InChI is InChI=1S/C12H20N4O3S/c1-2-20-7-5-8(13)10(17)12(19)16-15-11(18)9-4-3-6-14-9/h3,6,8,10,17H,2,4-5,7,13H2,1H3,(H,15,18)(H,16,19)/t8-,10?/m1/s1. The van der Waals surface area contributed by atoms with Crippen LogP contribution in [-0.4, -0.2) is 46.3 Å². The second-order valence-electron chi connectivity index (χ2n) is 4.20. The van der Waals surface area contributed by atoms with Gasteiger partial charge in [0.15, 0.2) is 0 Å². The molecular formula is C12H20N4O3S. The molecule has 0 bridgehead atoms. The zero-order valence-corrected chi connectivity index (χ0v) is 12.2. The van der Waals surface area contributed by atoms with E-state index < -0.39 is 24.0 Å². The first-order valence-corrected chi connectivity index (χ1v) is 7.55. The van der Waals surface area contributed by atoms with Gasteiger partial charge < -0.3 is 10.8 Å². The quantitative estimate of drug-likeness (QED) is 0.367. The molecule has 0 aromatic carbocycles. The second kappa shape index (κ2) is 8.72. The topological polar surface area (TPSA) is 117 Å². The molecule has 20 heavy (non-hydrogen) atoms. The van der Waals surface area contributed by atoms with E-state index in [0.717, 1.165) is 11.5 Å². The molecule has 1 aliphatic heterocycles. The summed E-state index contributed by atoms with van der Waals surface area (Å²) in [5.41, 5.74) is 10.4. The van der Waals surface area contributed by atoms with E-state index in [1.54, 1.807) is 17.8 Å². The van der Waals surface area contributed by atoms with Crippen molar-refractivity contribution in [2.45, 2.75) is 31.9 Å². The molecule has 1 unspecified atom stereocenters. The zero-order valence-electron chi connectivity index (χ0n) is 11.3. The average molecular weight is 300 g/mol. The number of aliphatic imine (C=N–C) groups is 1. The van der Waals surface area contributed by atoms with Gasteiger partial charge in [-0.15, -0.1) is 0 Å². The molecule has 0 saturated heterocycles. The van der Waals surface area contributed by atoms with Crippen LogP contribution in [0.1, 0.15) is 19.8 Å². The molecule has 1 aliphatic rings. The number of nitrogens with two attached hydrogens (primary N) is 1. The highest BCUT2D eigenvalue weighted by atomic mass is 32.2. The zero-order chi connectivity index (χ0) is 15.0. The van der Waals surface area contributed by atoms with Crippen LogP contribution in [0.25, 0.3) is 0 Å². The van der Waals surface area contributed by atoms with Gasteiger partial charge in [-0.1, -0.05) is 13.0 Å². The molecule has 5 N–H and O–H groups in total. The van der Waals surface area contributed by atoms with E-state index in [0.29, 0.717) is 18.6 Å². The van der Waals surface area contributed by atoms with Crippen LogP contribution in [0, 0.1) is 0 Å². The molecule has 7 nitrogen and oxygen atoms in total. The highest BCUT2D eigenvalue weighted by Gasteiger charge is 2.23. The van der Waals surface area contributed by atoms with Gasteiger partial charge in [0.25, 0.3) is 11.8 Å². The highest BCUT2D eigenvalue weighted by molar-refractivity contribution is 7.99. The van der Waals surface area contributed by atoms with Gasteiger partial charge in [0.1, 0.15) is 11.8 Å². The van der Waals surface area contributed by atoms with Crippen LogP contribution in [0.2, 0.25) is 0 Å². The van der Waals surface area contributed by atoms with E-state index in [9.17, 15) is 14.7 Å². The largest absolute Gasteiger partial charge is 0.382 e. The normalized spacial score (nSPS) is 16.4. The van der Waals surface area contributed by atoms with Crippen LogP contribution in [0.15, 0.2) is 17.3 Å². The van der Waals surface area contributed by atoms with Crippen molar-refractivity contribution in [3.05, 3.63) is 12.3 Å². The lowest BCUT2D eigenvalue weighted by Crippen LogP contribution is -2.53. The van der Waals surface area contributed by atoms with Gasteiger partial charge in [-0.2, -0.15) is 11.8 Å². The lowest BCUT2D eigenvalue weighted by atomic mass is 10.1. The molecule has 2 atom stereocenters. The minimum absolute atomic E-state index is 0.309. The van der Waals surface area contributed by atoms with E-state index in [2.05, 4.69) is 15.8 Å². The molecule has 8 heteroatoms. The number of thioether (sulfide) groups is 1. The number of aliphatic hydroxyl groups excluding tert-OH is 1. The van der Waals surface area contributed by atoms with Crippen molar-refractivity contribution in [1.82, 2.24) is 10.9 Å². The Labute approximate surface area is 122 Å². The third-order valence-electron chi connectivity index (χ3n) is 2.68. The van der Waals surface area contributed by atoms with Crippen molar-refractivity contribution in [3.63, 3.8) is 0 Å². The van der Waals surface area contributed by atoms with E-state index in [-0.39, 0.29) is 0 Å². The maximum Gasteiger partial charge on any atom is 0.284 e. The van der Waals surface area contributed by atoms with Crippen molar-refractivity contribution >= 4 is 29.3 Å².